The lowest BCUT2D eigenvalue weighted by molar-refractivity contribution is 0.0967. The molecular weight excluding hydrogens is 418 g/mol. The molecule has 2 unspecified atom stereocenters. The number of carbonyl (C=O) groups is 1. The SMILES string of the molecule is COc1cccc(C(NCC(O)COc2ccccc2C(C)=O)c2nccn2C)c1.Cl. The highest BCUT2D eigenvalue weighted by atomic mass is 35.5. The number of halogens is 1. The number of aliphatic hydroxyl groups is 1. The van der Waals surface area contributed by atoms with Gasteiger partial charge in [0, 0.05) is 26.0 Å². The first-order chi connectivity index (χ1) is 14.5. The molecular formula is C23H28ClN3O4. The maximum atomic E-state index is 11.7. The molecule has 3 rings (SSSR count). The highest BCUT2D eigenvalue weighted by Crippen LogP contribution is 2.24. The lowest BCUT2D eigenvalue weighted by Crippen LogP contribution is -2.35. The fraction of sp³-hybridized carbons (Fsp3) is 0.304. The number of nitrogens with one attached hydrogen (secondary N) is 1. The minimum Gasteiger partial charge on any atom is -0.497 e. The summed E-state index contributed by atoms with van der Waals surface area (Å²) in [5, 5.41) is 13.8. The molecule has 1 heterocycles. The molecule has 3 aromatic rings. The Balaban J connectivity index is 0.00000341. The maximum Gasteiger partial charge on any atom is 0.163 e. The quantitative estimate of drug-likeness (QED) is 0.466. The molecule has 7 nitrogen and oxygen atoms in total. The van der Waals surface area contributed by atoms with Crippen molar-refractivity contribution in [2.75, 3.05) is 20.3 Å². The first-order valence-electron chi connectivity index (χ1n) is 9.75. The Kier molecular flexibility index (Phi) is 9.05. The third-order valence-corrected chi connectivity index (χ3v) is 4.80. The molecule has 0 saturated heterocycles. The molecule has 0 saturated carbocycles. The zero-order chi connectivity index (χ0) is 21.5. The van der Waals surface area contributed by atoms with E-state index in [9.17, 15) is 9.90 Å². The van der Waals surface area contributed by atoms with Gasteiger partial charge in [-0.15, -0.1) is 12.4 Å². The van der Waals surface area contributed by atoms with E-state index >= 15 is 0 Å². The zero-order valence-electron chi connectivity index (χ0n) is 17.8. The van der Waals surface area contributed by atoms with E-state index in [1.54, 1.807) is 37.6 Å². The number of benzene rings is 2. The Morgan fingerprint density at radius 2 is 2.00 bits per heavy atom. The number of rotatable bonds is 10. The van der Waals surface area contributed by atoms with Crippen LogP contribution in [0.3, 0.4) is 0 Å². The summed E-state index contributed by atoms with van der Waals surface area (Å²) in [6, 6.07) is 14.5. The van der Waals surface area contributed by atoms with Crippen LogP contribution < -0.4 is 14.8 Å². The van der Waals surface area contributed by atoms with Crippen LogP contribution in [0.1, 0.15) is 34.7 Å². The number of imidazole rings is 1. The van der Waals surface area contributed by atoms with Crippen LogP contribution in [-0.4, -0.2) is 46.8 Å². The number of carbonyl (C=O) groups excluding carboxylic acids is 1. The molecule has 0 amide bonds. The molecule has 2 aromatic carbocycles. The molecule has 0 fully saturated rings. The minimum absolute atomic E-state index is 0. The lowest BCUT2D eigenvalue weighted by atomic mass is 10.1. The summed E-state index contributed by atoms with van der Waals surface area (Å²) in [6.45, 7) is 1.82. The number of nitrogens with zero attached hydrogens (tertiary/aromatic N) is 2. The third kappa shape index (κ3) is 6.30. The van der Waals surface area contributed by atoms with Gasteiger partial charge in [-0.1, -0.05) is 24.3 Å². The van der Waals surface area contributed by atoms with Crippen molar-refractivity contribution in [2.45, 2.75) is 19.1 Å². The van der Waals surface area contributed by atoms with Crippen molar-refractivity contribution in [2.24, 2.45) is 7.05 Å². The number of para-hydroxylation sites is 1. The van der Waals surface area contributed by atoms with Gasteiger partial charge in [0.25, 0.3) is 0 Å². The van der Waals surface area contributed by atoms with E-state index in [0.717, 1.165) is 17.1 Å². The largest absolute Gasteiger partial charge is 0.497 e. The number of methoxy groups -OCH3 is 1. The molecule has 0 aliphatic carbocycles. The number of hydrogen-bond acceptors (Lipinski definition) is 6. The van der Waals surface area contributed by atoms with Gasteiger partial charge in [0.1, 0.15) is 30.0 Å². The number of hydrogen-bond donors (Lipinski definition) is 2. The third-order valence-electron chi connectivity index (χ3n) is 4.80. The Labute approximate surface area is 188 Å². The van der Waals surface area contributed by atoms with Crippen LogP contribution in [0.5, 0.6) is 11.5 Å². The molecule has 0 aliphatic rings. The summed E-state index contributed by atoms with van der Waals surface area (Å²) in [6.07, 6.45) is 2.84. The molecule has 31 heavy (non-hydrogen) atoms. The number of aryl methyl sites for hydroxylation is 1. The van der Waals surface area contributed by atoms with Crippen molar-refractivity contribution in [1.82, 2.24) is 14.9 Å². The standard InChI is InChI=1S/C23H27N3O4.ClH/c1-16(27)20-9-4-5-10-21(20)30-15-18(28)14-25-22(23-24-11-12-26(23)2)17-7-6-8-19(13-17)29-3;/h4-13,18,22,25,28H,14-15H2,1-3H3;1H. The predicted octanol–water partition coefficient (Wildman–Crippen LogP) is 3.17. The van der Waals surface area contributed by atoms with Crippen molar-refractivity contribution >= 4 is 18.2 Å². The Morgan fingerprint density at radius 3 is 2.68 bits per heavy atom. The van der Waals surface area contributed by atoms with Crippen molar-refractivity contribution in [3.05, 3.63) is 77.9 Å². The van der Waals surface area contributed by atoms with Gasteiger partial charge in [0.2, 0.25) is 0 Å². The second-order valence-electron chi connectivity index (χ2n) is 7.03. The predicted molar refractivity (Wildman–Crippen MR) is 121 cm³/mol. The molecule has 0 spiro atoms. The van der Waals surface area contributed by atoms with Crippen molar-refractivity contribution in [3.8, 4) is 11.5 Å². The van der Waals surface area contributed by atoms with E-state index in [1.807, 2.05) is 42.1 Å². The van der Waals surface area contributed by atoms with Gasteiger partial charge in [-0.2, -0.15) is 0 Å². The van der Waals surface area contributed by atoms with Gasteiger partial charge < -0.3 is 24.5 Å². The van der Waals surface area contributed by atoms with E-state index in [4.69, 9.17) is 9.47 Å². The highest BCUT2D eigenvalue weighted by Gasteiger charge is 2.20. The fourth-order valence-corrected chi connectivity index (χ4v) is 3.22. The zero-order valence-corrected chi connectivity index (χ0v) is 18.6. The Morgan fingerprint density at radius 1 is 1.23 bits per heavy atom. The summed E-state index contributed by atoms with van der Waals surface area (Å²) in [5.41, 5.74) is 1.47. The van der Waals surface area contributed by atoms with Crippen LogP contribution >= 0.6 is 12.4 Å². The fourth-order valence-electron chi connectivity index (χ4n) is 3.22. The second-order valence-corrected chi connectivity index (χ2v) is 7.03. The molecule has 1 aromatic heterocycles. The van der Waals surface area contributed by atoms with Gasteiger partial charge in [-0.05, 0) is 36.8 Å². The number of aliphatic hydroxyl groups excluding tert-OH is 1. The summed E-state index contributed by atoms with van der Waals surface area (Å²) in [7, 11) is 3.55. The van der Waals surface area contributed by atoms with Crippen LogP contribution in [0.15, 0.2) is 60.9 Å². The number of aromatic nitrogens is 2. The number of ketones is 1. The summed E-state index contributed by atoms with van der Waals surface area (Å²) < 4.78 is 13.0. The van der Waals surface area contributed by atoms with Crippen LogP contribution in [0.2, 0.25) is 0 Å². The van der Waals surface area contributed by atoms with Gasteiger partial charge in [-0.3, -0.25) is 4.79 Å². The van der Waals surface area contributed by atoms with Gasteiger partial charge >= 0.3 is 0 Å². The van der Waals surface area contributed by atoms with Gasteiger partial charge in [0.05, 0.1) is 18.7 Å². The Hall–Kier alpha value is -2.87. The first-order valence-corrected chi connectivity index (χ1v) is 9.75. The van der Waals surface area contributed by atoms with E-state index in [0.29, 0.717) is 11.3 Å². The van der Waals surface area contributed by atoms with E-state index in [-0.39, 0.29) is 37.4 Å². The lowest BCUT2D eigenvalue weighted by Gasteiger charge is -2.22. The van der Waals surface area contributed by atoms with Crippen molar-refractivity contribution in [3.63, 3.8) is 0 Å². The Bertz CT molecular complexity index is 992. The van der Waals surface area contributed by atoms with Crippen LogP contribution in [-0.2, 0) is 7.05 Å². The topological polar surface area (TPSA) is 85.6 Å². The highest BCUT2D eigenvalue weighted by molar-refractivity contribution is 5.96. The maximum absolute atomic E-state index is 11.7. The van der Waals surface area contributed by atoms with E-state index < -0.39 is 6.10 Å². The number of ether oxygens (including phenoxy) is 2. The van der Waals surface area contributed by atoms with E-state index in [1.165, 1.54) is 6.92 Å². The normalized spacial score (nSPS) is 12.5. The summed E-state index contributed by atoms with van der Waals surface area (Å²) >= 11 is 0. The number of Topliss-reactive ketones (excluding diaryl/α,β-unsaturated/α-hetero) is 1. The second kappa shape index (κ2) is 11.5. The van der Waals surface area contributed by atoms with Gasteiger partial charge in [0.15, 0.2) is 5.78 Å². The van der Waals surface area contributed by atoms with Crippen molar-refractivity contribution in [1.29, 1.82) is 0 Å². The first kappa shape index (κ1) is 24.4. The smallest absolute Gasteiger partial charge is 0.163 e. The van der Waals surface area contributed by atoms with Crippen LogP contribution in [0.25, 0.3) is 0 Å². The summed E-state index contributed by atoms with van der Waals surface area (Å²) in [4.78, 5) is 16.2. The molecule has 8 heteroatoms. The van der Waals surface area contributed by atoms with Gasteiger partial charge in [-0.25, -0.2) is 4.98 Å². The molecule has 2 N–H and O–H groups in total. The van der Waals surface area contributed by atoms with Crippen molar-refractivity contribution < 1.29 is 19.4 Å². The molecule has 2 atom stereocenters. The molecule has 166 valence electrons. The molecule has 0 aliphatic heterocycles. The van der Waals surface area contributed by atoms with E-state index in [2.05, 4.69) is 10.3 Å². The molecule has 0 radical (unpaired) electrons. The molecule has 0 bridgehead atoms. The summed E-state index contributed by atoms with van der Waals surface area (Å²) in [5.74, 6) is 1.96. The average Bonchev–Trinajstić information content (AvgIpc) is 3.18. The van der Waals surface area contributed by atoms with Crippen LogP contribution in [0, 0.1) is 0 Å². The monoisotopic (exact) mass is 445 g/mol. The van der Waals surface area contributed by atoms with Crippen LogP contribution in [0.4, 0.5) is 0 Å². The average molecular weight is 446 g/mol. The minimum atomic E-state index is -0.779.